The molecule has 0 aliphatic carbocycles. The van der Waals surface area contributed by atoms with Gasteiger partial charge < -0.3 is 14.2 Å². The molecule has 1 aromatic carbocycles. The van der Waals surface area contributed by atoms with Crippen LogP contribution in [0.1, 0.15) is 38.4 Å². The minimum absolute atomic E-state index is 0.0350. The maximum atomic E-state index is 11.8. The van der Waals surface area contributed by atoms with Gasteiger partial charge in [-0.2, -0.15) is 9.97 Å². The summed E-state index contributed by atoms with van der Waals surface area (Å²) in [6.07, 6.45) is 6.55. The monoisotopic (exact) mass is 514 g/mol. The second-order valence-corrected chi connectivity index (χ2v) is 12.9. The molecule has 0 bridgehead atoms. The summed E-state index contributed by atoms with van der Waals surface area (Å²) in [5, 5.41) is 6.22. The maximum absolute atomic E-state index is 11.8. The summed E-state index contributed by atoms with van der Waals surface area (Å²) in [7, 11) is -3.47. The highest BCUT2D eigenvalue weighted by atomic mass is 32.2. The van der Waals surface area contributed by atoms with Gasteiger partial charge in [0.1, 0.15) is 29.6 Å². The normalized spacial score (nSPS) is 15.8. The number of sulfone groups is 1. The fraction of sp³-hybridized carbons (Fsp3) is 0.417. The van der Waals surface area contributed by atoms with E-state index in [0.717, 1.165) is 53.1 Å². The van der Waals surface area contributed by atoms with Crippen molar-refractivity contribution in [2.75, 3.05) is 24.2 Å². The summed E-state index contributed by atoms with van der Waals surface area (Å²) in [5.74, 6) is 1.57. The molecule has 0 radical (unpaired) electrons. The van der Waals surface area contributed by atoms with Gasteiger partial charge in [0, 0.05) is 38.1 Å². The average molecular weight is 515 g/mol. The first-order chi connectivity index (χ1) is 16.7. The van der Waals surface area contributed by atoms with Crippen LogP contribution in [-0.4, -0.2) is 54.0 Å². The van der Waals surface area contributed by atoms with E-state index in [1.165, 1.54) is 12.6 Å². The number of piperidine rings is 1. The Kier molecular flexibility index (Phi) is 6.22. The van der Waals surface area contributed by atoms with Crippen molar-refractivity contribution in [2.24, 2.45) is 6.26 Å². The van der Waals surface area contributed by atoms with Gasteiger partial charge in [0.15, 0.2) is 15.7 Å². The first-order valence-corrected chi connectivity index (χ1v) is 15.1. The molecule has 0 amide bonds. The Hall–Kier alpha value is -3.05. The van der Waals surface area contributed by atoms with Gasteiger partial charge in [0.05, 0.1) is 10.5 Å². The van der Waals surface area contributed by atoms with E-state index in [9.17, 15) is 8.42 Å². The van der Waals surface area contributed by atoms with E-state index < -0.39 is 9.84 Å². The minimum Gasteiger partial charge on any atom is -0.470 e. The highest BCUT2D eigenvalue weighted by molar-refractivity contribution is 7.90. The zero-order valence-electron chi connectivity index (χ0n) is 20.1. The van der Waals surface area contributed by atoms with Crippen molar-refractivity contribution in [1.82, 2.24) is 20.1 Å². The minimum atomic E-state index is -3.24. The van der Waals surface area contributed by atoms with Gasteiger partial charge in [-0.3, -0.25) is 0 Å². The third-order valence-electron chi connectivity index (χ3n) is 6.17. The molecular weight excluding hydrogens is 486 g/mol. The van der Waals surface area contributed by atoms with E-state index in [1.807, 2.05) is 26.0 Å². The van der Waals surface area contributed by atoms with Crippen molar-refractivity contribution in [3.05, 3.63) is 41.8 Å². The number of rotatable bonds is 6. The van der Waals surface area contributed by atoms with Crippen LogP contribution in [0.2, 0.25) is 0 Å². The van der Waals surface area contributed by atoms with Gasteiger partial charge in [0.2, 0.25) is 0 Å². The molecule has 1 saturated heterocycles. The summed E-state index contributed by atoms with van der Waals surface area (Å²) < 4.78 is 36.5. The summed E-state index contributed by atoms with van der Waals surface area (Å²) >= 11 is 0. The second-order valence-electron chi connectivity index (χ2n) is 9.14. The second kappa shape index (κ2) is 9.19. The Bertz CT molecular complexity index is 1450. The average Bonchev–Trinajstić information content (AvgIpc) is 3.45. The van der Waals surface area contributed by atoms with Crippen molar-refractivity contribution < 1.29 is 17.7 Å². The predicted molar refractivity (Wildman–Crippen MR) is 136 cm³/mol. The van der Waals surface area contributed by atoms with E-state index in [4.69, 9.17) is 9.26 Å². The Labute approximate surface area is 207 Å². The van der Waals surface area contributed by atoms with Crippen LogP contribution in [0.4, 0.5) is 6.01 Å². The van der Waals surface area contributed by atoms with Gasteiger partial charge in [-0.1, -0.05) is 31.1 Å². The molecule has 0 spiro atoms. The van der Waals surface area contributed by atoms with Crippen LogP contribution in [0, 0.1) is 0 Å². The smallest absolute Gasteiger partial charge is 0.324 e. The summed E-state index contributed by atoms with van der Waals surface area (Å²) in [6, 6.07) is 7.50. The Morgan fingerprint density at radius 1 is 1.14 bits per heavy atom. The first kappa shape index (κ1) is 23.7. The molecule has 1 atom stereocenters. The van der Waals surface area contributed by atoms with E-state index >= 15 is 0 Å². The number of benzene rings is 1. The third-order valence-corrected chi connectivity index (χ3v) is 8.90. The van der Waals surface area contributed by atoms with Gasteiger partial charge in [-0.05, 0) is 28.2 Å². The number of fused-ring (bicyclic) bond motifs is 1. The van der Waals surface area contributed by atoms with Crippen LogP contribution in [0.3, 0.4) is 0 Å². The molecule has 9 nitrogen and oxygen atoms in total. The van der Waals surface area contributed by atoms with Crippen molar-refractivity contribution in [3.8, 4) is 17.0 Å². The predicted octanol–water partition coefficient (Wildman–Crippen LogP) is 4.54. The third kappa shape index (κ3) is 4.74. The topological polar surface area (TPSA) is 111 Å². The number of aromatic nitrogens is 4. The van der Waals surface area contributed by atoms with E-state index in [-0.39, 0.29) is 22.5 Å². The zero-order chi connectivity index (χ0) is 24.7. The molecule has 11 heteroatoms. The largest absolute Gasteiger partial charge is 0.470 e. The number of aryl methyl sites for hydroxylation is 1. The molecule has 4 aromatic rings. The van der Waals surface area contributed by atoms with Crippen LogP contribution in [-0.2, 0) is 16.1 Å². The number of hydrogen-bond donors (Lipinski definition) is 0. The molecule has 5 rings (SSSR count). The van der Waals surface area contributed by atoms with Crippen molar-refractivity contribution in [1.29, 1.82) is 0 Å². The highest BCUT2D eigenvalue weighted by Gasteiger charge is 2.29. The maximum Gasteiger partial charge on any atom is 0.324 e. The molecule has 3 aromatic heterocycles. The SMILES string of the molecule is CC(C)c1noc(N2CCC(Oc3ncnc4c(-c5ccc(S(C)(=O)=O)cc5)c[s+](C)c34)CC2)n1. The first-order valence-electron chi connectivity index (χ1n) is 11.5. The van der Waals surface area contributed by atoms with Gasteiger partial charge in [0.25, 0.3) is 10.6 Å². The van der Waals surface area contributed by atoms with Gasteiger partial charge in [-0.25, -0.2) is 13.4 Å². The van der Waals surface area contributed by atoms with Gasteiger partial charge >= 0.3 is 6.01 Å². The van der Waals surface area contributed by atoms with Crippen LogP contribution in [0.15, 0.2) is 45.4 Å². The molecule has 1 unspecified atom stereocenters. The molecule has 184 valence electrons. The lowest BCUT2D eigenvalue weighted by atomic mass is 10.1. The molecule has 0 saturated carbocycles. The summed E-state index contributed by atoms with van der Waals surface area (Å²) in [4.78, 5) is 15.9. The van der Waals surface area contributed by atoms with Crippen molar-refractivity contribution >= 4 is 36.5 Å². The molecular formula is C24H28N5O4S2+. The Balaban J connectivity index is 1.34. The highest BCUT2D eigenvalue weighted by Crippen LogP contribution is 2.42. The number of anilines is 1. The molecule has 1 fully saturated rings. The lowest BCUT2D eigenvalue weighted by Gasteiger charge is -2.30. The van der Waals surface area contributed by atoms with Crippen LogP contribution < -0.4 is 9.64 Å². The van der Waals surface area contributed by atoms with Crippen molar-refractivity contribution in [2.45, 2.75) is 43.6 Å². The Morgan fingerprint density at radius 2 is 1.86 bits per heavy atom. The molecule has 0 N–H and O–H groups in total. The number of ether oxygens (including phenoxy) is 1. The molecule has 4 heterocycles. The summed E-state index contributed by atoms with van der Waals surface area (Å²) in [6.45, 7) is 5.63. The Morgan fingerprint density at radius 3 is 2.49 bits per heavy atom. The van der Waals surface area contributed by atoms with E-state index in [2.05, 4.69) is 36.6 Å². The van der Waals surface area contributed by atoms with Gasteiger partial charge in [-0.15, -0.1) is 0 Å². The van der Waals surface area contributed by atoms with E-state index in [0.29, 0.717) is 16.8 Å². The quantitative estimate of drug-likeness (QED) is 0.342. The van der Waals surface area contributed by atoms with Crippen molar-refractivity contribution in [3.63, 3.8) is 0 Å². The fourth-order valence-electron chi connectivity index (χ4n) is 4.21. The molecule has 35 heavy (non-hydrogen) atoms. The lowest BCUT2D eigenvalue weighted by Crippen LogP contribution is -2.38. The number of thiophene rings is 1. The van der Waals surface area contributed by atoms with Crippen LogP contribution in [0.5, 0.6) is 5.88 Å². The van der Waals surface area contributed by atoms with Crippen LogP contribution >= 0.6 is 10.5 Å². The number of hydrogen-bond acceptors (Lipinski definition) is 9. The zero-order valence-corrected chi connectivity index (χ0v) is 21.8. The van der Waals surface area contributed by atoms with E-state index in [1.54, 1.807) is 12.1 Å². The molecule has 1 aliphatic rings. The standard InChI is InChI=1S/C24H28N5O4S2/c1-15(2)22-27-24(33-28-22)29-11-9-17(10-12-29)32-23-21-20(25-14-26-23)19(13-34(21)3)16-5-7-18(8-6-16)35(4,30)31/h5-8,13-15,17H,9-12H2,1-4H3/q+1. The lowest BCUT2D eigenvalue weighted by molar-refractivity contribution is 0.164. The fourth-order valence-corrected chi connectivity index (χ4v) is 6.41. The molecule has 1 aliphatic heterocycles. The number of nitrogens with zero attached hydrogens (tertiary/aromatic N) is 5. The summed E-state index contributed by atoms with van der Waals surface area (Å²) in [5.41, 5.74) is 2.75. The van der Waals surface area contributed by atoms with Crippen LogP contribution in [0.25, 0.3) is 21.3 Å².